The summed E-state index contributed by atoms with van der Waals surface area (Å²) in [5.41, 5.74) is 0.548. The molecule has 1 aromatic heterocycles. The molecule has 3 nitrogen and oxygen atoms in total. The summed E-state index contributed by atoms with van der Waals surface area (Å²) in [4.78, 5) is 6.47. The average molecular weight is 188 g/mol. The van der Waals surface area contributed by atoms with Crippen molar-refractivity contribution in [2.24, 2.45) is 5.72 Å². The maximum Gasteiger partial charge on any atom is 0.118 e. The number of nitrogens with two attached hydrogens (primary N) is 1. The van der Waals surface area contributed by atoms with E-state index in [0.29, 0.717) is 5.69 Å². The molecule has 10 heavy (non-hydrogen) atoms. The zero-order chi connectivity index (χ0) is 9.19. The Balaban J connectivity index is 0. The van der Waals surface area contributed by atoms with Gasteiger partial charge in [-0.1, -0.05) is 0 Å². The number of rotatable bonds is 3. The third kappa shape index (κ3) is 3.71. The van der Waals surface area contributed by atoms with Gasteiger partial charge in [0.15, 0.2) is 0 Å². The molecule has 0 unspecified atom stereocenters. The van der Waals surface area contributed by atoms with Crippen molar-refractivity contribution >= 4 is 24.8 Å². The van der Waals surface area contributed by atoms with E-state index in [2.05, 4.69) is 9.97 Å². The minimum Gasteiger partial charge on any atom is -0.351 e. The summed E-state index contributed by atoms with van der Waals surface area (Å²) in [7, 11) is 0. The molecule has 0 atom stereocenters. The third-order valence-corrected chi connectivity index (χ3v) is 0.815. The van der Waals surface area contributed by atoms with Crippen LogP contribution in [0.5, 0.6) is 0 Å². The zero-order valence-corrected chi connectivity index (χ0v) is 6.71. The van der Waals surface area contributed by atoms with Crippen molar-refractivity contribution < 1.29 is 5.57 Å². The predicted octanol–water partition coefficient (Wildman–Crippen LogP) is 0.754. The smallest absolute Gasteiger partial charge is 0.118 e. The second-order valence-corrected chi connectivity index (χ2v) is 1.40. The van der Waals surface area contributed by atoms with E-state index >= 15 is 0 Å². The Morgan fingerprint density at radius 1 is 1.80 bits per heavy atom. The van der Waals surface area contributed by atoms with Gasteiger partial charge in [-0.2, -0.15) is 0 Å². The van der Waals surface area contributed by atoms with Gasteiger partial charge in [0.1, 0.15) is 2.82 Å². The van der Waals surface area contributed by atoms with Crippen LogP contribution in [-0.2, 0) is 6.42 Å². The molecule has 1 aromatic rings. The molecule has 0 aliphatic heterocycles. The second kappa shape index (κ2) is 6.86. The first kappa shape index (κ1) is 5.41. The normalized spacial score (nSPS) is 15.3. The van der Waals surface area contributed by atoms with Crippen LogP contribution >= 0.6 is 24.8 Å². The summed E-state index contributed by atoms with van der Waals surface area (Å²) in [6, 6.07) is 0. The molecule has 5 heteroatoms. The lowest BCUT2D eigenvalue weighted by molar-refractivity contribution is 0.935. The standard InChI is InChI=1S/C5H9N3.2ClH/c6-2-1-5-3-7-4-8-5;;/h3-4H,1-2,6H2,(H,7,8);2*1H/i2D2;;/hD2. The molecule has 0 saturated carbocycles. The van der Waals surface area contributed by atoms with Crippen molar-refractivity contribution in [3.63, 3.8) is 0 Å². The fraction of sp³-hybridized carbons (Fsp3) is 0.400. The van der Waals surface area contributed by atoms with Crippen molar-refractivity contribution in [1.29, 1.82) is 0 Å². The van der Waals surface area contributed by atoms with Gasteiger partial charge in [0.2, 0.25) is 0 Å². The lowest BCUT2D eigenvalue weighted by Crippen LogP contribution is -2.02. The van der Waals surface area contributed by atoms with Gasteiger partial charge < -0.3 is 10.7 Å². The number of hydrogen-bond donors (Lipinski definition) is 2. The molecular formula is C5H11Cl2N3. The fourth-order valence-corrected chi connectivity index (χ4v) is 0.469. The Hall–Kier alpha value is -0.250. The predicted molar refractivity (Wildman–Crippen MR) is 45.8 cm³/mol. The first-order chi connectivity index (χ1) is 5.52. The van der Waals surface area contributed by atoms with E-state index in [4.69, 9.17) is 5.57 Å². The molecule has 0 radical (unpaired) electrons. The van der Waals surface area contributed by atoms with Crippen molar-refractivity contribution in [2.75, 3.05) is 6.50 Å². The van der Waals surface area contributed by atoms with Crippen LogP contribution in [0.15, 0.2) is 12.5 Å². The SMILES string of the molecule is Cl.Cl.[2H]N([2H])C([2H])([2H])Cc1c[nH]cn1. The van der Waals surface area contributed by atoms with E-state index < -0.39 is 6.50 Å². The van der Waals surface area contributed by atoms with Gasteiger partial charge in [-0.15, -0.1) is 24.8 Å². The number of aryl methyl sites for hydroxylation is 1. The Bertz CT molecular complexity index is 241. The Labute approximate surface area is 78.0 Å². The molecular weight excluding hydrogens is 173 g/mol. The molecule has 0 saturated heterocycles. The van der Waals surface area contributed by atoms with E-state index in [-0.39, 0.29) is 37.0 Å². The number of nitrogens with zero attached hydrogens (tertiary/aromatic N) is 1. The average Bonchev–Trinajstić information content (AvgIpc) is 2.38. The van der Waals surface area contributed by atoms with Crippen molar-refractivity contribution in [1.82, 2.24) is 9.97 Å². The molecule has 1 rings (SSSR count). The van der Waals surface area contributed by atoms with Gasteiger partial charge >= 0.3 is 0 Å². The van der Waals surface area contributed by atoms with Gasteiger partial charge in [0.25, 0.3) is 0 Å². The maximum absolute atomic E-state index is 7.22. The summed E-state index contributed by atoms with van der Waals surface area (Å²) < 4.78 is 28.0. The second-order valence-electron chi connectivity index (χ2n) is 1.40. The highest BCUT2D eigenvalue weighted by molar-refractivity contribution is 5.85. The van der Waals surface area contributed by atoms with Crippen LogP contribution in [0.4, 0.5) is 0 Å². The third-order valence-electron chi connectivity index (χ3n) is 0.815. The van der Waals surface area contributed by atoms with E-state index in [1.165, 1.54) is 6.33 Å². The number of H-pyrrole nitrogens is 1. The zero-order valence-electron chi connectivity index (χ0n) is 9.07. The summed E-state index contributed by atoms with van der Waals surface area (Å²) >= 11 is 0. The van der Waals surface area contributed by atoms with Crippen molar-refractivity contribution in [3.8, 4) is 0 Å². The molecule has 0 bridgehead atoms. The Morgan fingerprint density at radius 3 is 3.10 bits per heavy atom. The fourth-order valence-electron chi connectivity index (χ4n) is 0.469. The number of aromatic nitrogens is 2. The first-order valence-corrected chi connectivity index (χ1v) is 2.28. The van der Waals surface area contributed by atoms with Crippen LogP contribution in [0.25, 0.3) is 0 Å². The van der Waals surface area contributed by atoms with Crippen LogP contribution in [0.3, 0.4) is 0 Å². The minimum absolute atomic E-state index is 0. The van der Waals surface area contributed by atoms with E-state index in [1.54, 1.807) is 6.20 Å². The van der Waals surface area contributed by atoms with Crippen LogP contribution < -0.4 is 5.72 Å². The van der Waals surface area contributed by atoms with Crippen molar-refractivity contribution in [3.05, 3.63) is 18.2 Å². The number of nitrogens with one attached hydrogen (secondary N) is 1. The van der Waals surface area contributed by atoms with Gasteiger partial charge in [-0.05, 0) is 6.50 Å². The largest absolute Gasteiger partial charge is 0.351 e. The molecule has 0 fully saturated rings. The highest BCUT2D eigenvalue weighted by Crippen LogP contribution is 1.88. The molecule has 0 spiro atoms. The molecule has 3 N–H and O–H groups in total. The Morgan fingerprint density at radius 2 is 2.60 bits per heavy atom. The Kier molecular flexibility index (Phi) is 3.71. The molecule has 1 heterocycles. The summed E-state index contributed by atoms with van der Waals surface area (Å²) in [5, 5.41) is 0. The maximum atomic E-state index is 7.22. The lowest BCUT2D eigenvalue weighted by atomic mass is 10.3. The van der Waals surface area contributed by atoms with Gasteiger partial charge in [0, 0.05) is 15.4 Å². The molecule has 0 aromatic carbocycles. The van der Waals surface area contributed by atoms with Gasteiger partial charge in [0.05, 0.1) is 12.0 Å². The van der Waals surface area contributed by atoms with Crippen LogP contribution in [-0.4, -0.2) is 16.5 Å². The summed E-state index contributed by atoms with van der Waals surface area (Å²) in [6.45, 7) is -1.99. The topological polar surface area (TPSA) is 54.7 Å². The molecule has 60 valence electrons. The number of aromatic amines is 1. The highest BCUT2D eigenvalue weighted by Gasteiger charge is 1.87. The number of halogens is 2. The number of hydrogen-bond acceptors (Lipinski definition) is 2. The van der Waals surface area contributed by atoms with Crippen molar-refractivity contribution in [2.45, 2.75) is 6.42 Å². The van der Waals surface area contributed by atoms with Gasteiger partial charge in [-0.3, -0.25) is 0 Å². The van der Waals surface area contributed by atoms with Crippen LogP contribution in [0.2, 0.25) is 2.82 Å². The van der Waals surface area contributed by atoms with Crippen LogP contribution in [0.1, 0.15) is 8.44 Å². The van der Waals surface area contributed by atoms with E-state index in [0.717, 1.165) is 0 Å². The first-order valence-electron chi connectivity index (χ1n) is 4.17. The summed E-state index contributed by atoms with van der Waals surface area (Å²) in [5.74, 6) is 0. The van der Waals surface area contributed by atoms with E-state index in [9.17, 15) is 0 Å². The van der Waals surface area contributed by atoms with E-state index in [1.807, 2.05) is 0 Å². The lowest BCUT2D eigenvalue weighted by Gasteiger charge is -1.85. The molecule has 0 amide bonds. The molecule has 0 aliphatic carbocycles. The monoisotopic (exact) mass is 187 g/mol. The minimum atomic E-state index is -1.99. The molecule has 0 aliphatic rings. The highest BCUT2D eigenvalue weighted by atomic mass is 35.5. The quantitative estimate of drug-likeness (QED) is 0.735. The summed E-state index contributed by atoms with van der Waals surface area (Å²) in [6.07, 6.45) is 2.91. The number of imidazole rings is 1. The van der Waals surface area contributed by atoms with Gasteiger partial charge in [-0.25, -0.2) is 4.98 Å². The van der Waals surface area contributed by atoms with Crippen LogP contribution in [0, 0.1) is 0 Å².